The molecule has 118 valence electrons. The van der Waals surface area contributed by atoms with E-state index in [-0.39, 0.29) is 6.04 Å². The van der Waals surface area contributed by atoms with Gasteiger partial charge in [-0.05, 0) is 26.1 Å². The molecule has 0 radical (unpaired) electrons. The molecule has 0 fully saturated rings. The summed E-state index contributed by atoms with van der Waals surface area (Å²) in [5.41, 5.74) is -0.358. The molecule has 0 aliphatic rings. The summed E-state index contributed by atoms with van der Waals surface area (Å²) >= 11 is 0. The van der Waals surface area contributed by atoms with Crippen molar-refractivity contribution in [1.82, 2.24) is 10.2 Å². The van der Waals surface area contributed by atoms with Gasteiger partial charge in [-0.2, -0.15) is 0 Å². The normalized spacial score (nSPS) is 15.7. The van der Waals surface area contributed by atoms with E-state index in [0.29, 0.717) is 19.7 Å². The number of nitrogens with zero attached hydrogens (tertiary/aromatic N) is 1. The van der Waals surface area contributed by atoms with Crippen LogP contribution in [0.3, 0.4) is 0 Å². The average Bonchev–Trinajstić information content (AvgIpc) is 2.47. The van der Waals surface area contributed by atoms with Crippen LogP contribution in [0.5, 0.6) is 0 Å². The summed E-state index contributed by atoms with van der Waals surface area (Å²) < 4.78 is 5.16. The van der Waals surface area contributed by atoms with Crippen molar-refractivity contribution >= 4 is 5.97 Å². The first-order valence-electron chi connectivity index (χ1n) is 7.21. The number of carboxylic acid groups (broad SMARTS) is 1. The van der Waals surface area contributed by atoms with Crippen molar-refractivity contribution in [2.45, 2.75) is 25.4 Å². The molecule has 2 unspecified atom stereocenters. The van der Waals surface area contributed by atoms with Gasteiger partial charge in [-0.15, -0.1) is 0 Å². The molecule has 5 heteroatoms. The number of likely N-dealkylation sites (N-methyl/N-ethyl adjacent to an activating group) is 2. The number of rotatable bonds is 9. The van der Waals surface area contributed by atoms with Gasteiger partial charge in [-0.1, -0.05) is 37.3 Å². The summed E-state index contributed by atoms with van der Waals surface area (Å²) in [4.78, 5) is 14.0. The van der Waals surface area contributed by atoms with Gasteiger partial charge in [-0.3, -0.25) is 10.2 Å². The van der Waals surface area contributed by atoms with Crippen LogP contribution < -0.4 is 5.32 Å². The Morgan fingerprint density at radius 1 is 1.43 bits per heavy atom. The number of aliphatic carboxylic acids is 1. The second kappa shape index (κ2) is 8.12. The molecular formula is C16H26N2O3. The molecule has 2 atom stereocenters. The first kappa shape index (κ1) is 17.6. The summed E-state index contributed by atoms with van der Waals surface area (Å²) in [6.45, 7) is 5.44. The summed E-state index contributed by atoms with van der Waals surface area (Å²) in [7, 11) is 3.57. The van der Waals surface area contributed by atoms with Gasteiger partial charge in [0, 0.05) is 19.7 Å². The maximum atomic E-state index is 12.0. The fraction of sp³-hybridized carbons (Fsp3) is 0.562. The molecule has 21 heavy (non-hydrogen) atoms. The molecule has 0 amide bonds. The third kappa shape index (κ3) is 4.27. The third-order valence-electron chi connectivity index (χ3n) is 3.76. The van der Waals surface area contributed by atoms with Crippen LogP contribution in [-0.4, -0.2) is 55.9 Å². The second-order valence-electron chi connectivity index (χ2n) is 5.33. The molecule has 0 aliphatic heterocycles. The molecule has 1 aromatic rings. The Kier molecular flexibility index (Phi) is 6.81. The standard InChI is InChI=1S/C16H26N2O3/c1-5-17-16(15(19)20,14-9-7-6-8-10-14)12-18(3)13(2)11-21-4/h6-10,13,17H,5,11-12H2,1-4H3,(H,19,20). The minimum absolute atomic E-state index is 0.135. The first-order chi connectivity index (χ1) is 9.97. The number of nitrogens with one attached hydrogen (secondary N) is 1. The number of carboxylic acids is 1. The number of benzene rings is 1. The summed E-state index contributed by atoms with van der Waals surface area (Å²) in [6.07, 6.45) is 0. The molecule has 1 aromatic carbocycles. The number of ether oxygens (including phenoxy) is 1. The Balaban J connectivity index is 3.10. The van der Waals surface area contributed by atoms with E-state index in [1.807, 2.05) is 56.1 Å². The molecule has 0 heterocycles. The molecule has 0 aromatic heterocycles. The molecule has 0 aliphatic carbocycles. The van der Waals surface area contributed by atoms with Crippen LogP contribution in [0, 0.1) is 0 Å². The van der Waals surface area contributed by atoms with Crippen molar-refractivity contribution in [3.05, 3.63) is 35.9 Å². The van der Waals surface area contributed by atoms with E-state index in [4.69, 9.17) is 4.74 Å². The Hall–Kier alpha value is -1.43. The van der Waals surface area contributed by atoms with Crippen molar-refractivity contribution < 1.29 is 14.6 Å². The lowest BCUT2D eigenvalue weighted by molar-refractivity contribution is -0.146. The second-order valence-corrected chi connectivity index (χ2v) is 5.33. The Morgan fingerprint density at radius 2 is 2.05 bits per heavy atom. The van der Waals surface area contributed by atoms with Gasteiger partial charge in [0.25, 0.3) is 0 Å². The van der Waals surface area contributed by atoms with E-state index >= 15 is 0 Å². The first-order valence-corrected chi connectivity index (χ1v) is 7.21. The van der Waals surface area contributed by atoms with Crippen LogP contribution in [0.15, 0.2) is 30.3 Å². The Bertz CT molecular complexity index is 438. The minimum Gasteiger partial charge on any atom is -0.480 e. The van der Waals surface area contributed by atoms with E-state index in [2.05, 4.69) is 5.32 Å². The van der Waals surface area contributed by atoms with Crippen LogP contribution >= 0.6 is 0 Å². The van der Waals surface area contributed by atoms with Gasteiger partial charge in [-0.25, -0.2) is 4.79 Å². The smallest absolute Gasteiger partial charge is 0.329 e. The zero-order chi connectivity index (χ0) is 15.9. The Morgan fingerprint density at radius 3 is 2.52 bits per heavy atom. The van der Waals surface area contributed by atoms with Crippen LogP contribution in [0.25, 0.3) is 0 Å². The maximum Gasteiger partial charge on any atom is 0.329 e. The largest absolute Gasteiger partial charge is 0.480 e. The molecule has 0 spiro atoms. The van der Waals surface area contributed by atoms with Crippen molar-refractivity contribution in [2.75, 3.05) is 33.9 Å². The topological polar surface area (TPSA) is 61.8 Å². The highest BCUT2D eigenvalue weighted by atomic mass is 16.5. The van der Waals surface area contributed by atoms with Crippen molar-refractivity contribution in [1.29, 1.82) is 0 Å². The van der Waals surface area contributed by atoms with Crippen molar-refractivity contribution in [2.24, 2.45) is 0 Å². The summed E-state index contributed by atoms with van der Waals surface area (Å²) in [5.74, 6) is -0.869. The van der Waals surface area contributed by atoms with Crippen LogP contribution in [0.4, 0.5) is 0 Å². The predicted octanol–water partition coefficient (Wildman–Crippen LogP) is 1.54. The van der Waals surface area contributed by atoms with E-state index < -0.39 is 11.5 Å². The summed E-state index contributed by atoms with van der Waals surface area (Å²) in [6, 6.07) is 9.46. The molecule has 1 rings (SSSR count). The number of hydrogen-bond donors (Lipinski definition) is 2. The highest BCUT2D eigenvalue weighted by Gasteiger charge is 2.41. The van der Waals surface area contributed by atoms with Gasteiger partial charge >= 0.3 is 5.97 Å². The molecule has 0 saturated carbocycles. The van der Waals surface area contributed by atoms with E-state index in [9.17, 15) is 9.90 Å². The maximum absolute atomic E-state index is 12.0. The molecular weight excluding hydrogens is 268 g/mol. The van der Waals surface area contributed by atoms with Crippen LogP contribution in [0.1, 0.15) is 19.4 Å². The zero-order valence-electron chi connectivity index (χ0n) is 13.3. The van der Waals surface area contributed by atoms with Gasteiger partial charge in [0.2, 0.25) is 0 Å². The molecule has 5 nitrogen and oxygen atoms in total. The minimum atomic E-state index is -1.12. The third-order valence-corrected chi connectivity index (χ3v) is 3.76. The van der Waals surface area contributed by atoms with E-state index in [1.165, 1.54) is 0 Å². The van der Waals surface area contributed by atoms with Crippen LogP contribution in [-0.2, 0) is 15.1 Å². The fourth-order valence-corrected chi connectivity index (χ4v) is 2.44. The zero-order valence-corrected chi connectivity index (χ0v) is 13.3. The number of hydrogen-bond acceptors (Lipinski definition) is 4. The van der Waals surface area contributed by atoms with Gasteiger partial charge in [0.05, 0.1) is 6.61 Å². The molecule has 0 saturated heterocycles. The monoisotopic (exact) mass is 294 g/mol. The number of carbonyl (C=O) groups is 1. The van der Waals surface area contributed by atoms with Gasteiger partial charge in [0.15, 0.2) is 5.54 Å². The quantitative estimate of drug-likeness (QED) is 0.723. The van der Waals surface area contributed by atoms with E-state index in [0.717, 1.165) is 5.56 Å². The van der Waals surface area contributed by atoms with Crippen LogP contribution in [0.2, 0.25) is 0 Å². The SMILES string of the molecule is CCNC(CN(C)C(C)COC)(C(=O)O)c1ccccc1. The van der Waals surface area contributed by atoms with Crippen molar-refractivity contribution in [3.63, 3.8) is 0 Å². The van der Waals surface area contributed by atoms with Crippen molar-refractivity contribution in [3.8, 4) is 0 Å². The lowest BCUT2D eigenvalue weighted by Gasteiger charge is -2.36. The highest BCUT2D eigenvalue weighted by Crippen LogP contribution is 2.23. The lowest BCUT2D eigenvalue weighted by Crippen LogP contribution is -2.57. The number of methoxy groups -OCH3 is 1. The predicted molar refractivity (Wildman–Crippen MR) is 83.4 cm³/mol. The molecule has 2 N–H and O–H groups in total. The van der Waals surface area contributed by atoms with Gasteiger partial charge < -0.3 is 9.84 Å². The van der Waals surface area contributed by atoms with Gasteiger partial charge in [0.1, 0.15) is 0 Å². The Labute approximate surface area is 126 Å². The molecule has 0 bridgehead atoms. The van der Waals surface area contributed by atoms with E-state index in [1.54, 1.807) is 7.11 Å². The highest BCUT2D eigenvalue weighted by molar-refractivity contribution is 5.81. The lowest BCUT2D eigenvalue weighted by atomic mass is 9.88. The fourth-order valence-electron chi connectivity index (χ4n) is 2.44. The average molecular weight is 294 g/mol. The summed E-state index contributed by atoms with van der Waals surface area (Å²) in [5, 5.41) is 13.0.